The van der Waals surface area contributed by atoms with Crippen LogP contribution in [0.1, 0.15) is 12.7 Å². The van der Waals surface area contributed by atoms with E-state index in [0.29, 0.717) is 44.4 Å². The summed E-state index contributed by atoms with van der Waals surface area (Å²) >= 11 is 0. The molecule has 2 saturated heterocycles. The van der Waals surface area contributed by atoms with Crippen LogP contribution in [0.15, 0.2) is 10.6 Å². The predicted molar refractivity (Wildman–Crippen MR) is 94.7 cm³/mol. The molecule has 0 spiro atoms. The summed E-state index contributed by atoms with van der Waals surface area (Å²) in [5.41, 5.74) is 0. The van der Waals surface area contributed by atoms with E-state index < -0.39 is 0 Å². The average molecular weight is 365 g/mol. The summed E-state index contributed by atoms with van der Waals surface area (Å²) in [4.78, 5) is 30.8. The van der Waals surface area contributed by atoms with E-state index in [2.05, 4.69) is 20.3 Å². The molecule has 9 nitrogen and oxygen atoms in total. The minimum atomic E-state index is -0.260. The van der Waals surface area contributed by atoms with Gasteiger partial charge in [-0.25, -0.2) is 0 Å². The lowest BCUT2D eigenvalue weighted by molar-refractivity contribution is -0.137. The van der Waals surface area contributed by atoms with E-state index >= 15 is 0 Å². The molecule has 1 atom stereocenters. The Morgan fingerprint density at radius 2 is 1.88 bits per heavy atom. The second-order valence-corrected chi connectivity index (χ2v) is 6.79. The molecule has 0 radical (unpaired) electrons. The number of nitrogens with one attached hydrogen (secondary N) is 1. The van der Waals surface area contributed by atoms with Gasteiger partial charge in [0.25, 0.3) is 0 Å². The molecule has 2 fully saturated rings. The highest BCUT2D eigenvalue weighted by molar-refractivity contribution is 5.93. The molecule has 1 aromatic heterocycles. The van der Waals surface area contributed by atoms with Crippen molar-refractivity contribution >= 4 is 17.6 Å². The molecule has 1 N–H and O–H groups in total. The lowest BCUT2D eigenvalue weighted by Gasteiger charge is -2.38. The summed E-state index contributed by atoms with van der Waals surface area (Å²) in [6.45, 7) is 9.76. The number of carbonyl (C=O) groups excluding carboxylic acids is 2. The Labute approximate surface area is 153 Å². The fraction of sp³-hybridized carbons (Fsp3) is 0.706. The minimum Gasteiger partial charge on any atom is -0.378 e. The Hall–Kier alpha value is -1.97. The fourth-order valence-corrected chi connectivity index (χ4v) is 3.23. The Morgan fingerprint density at radius 1 is 1.19 bits per heavy atom. The van der Waals surface area contributed by atoms with Crippen molar-refractivity contribution in [3.05, 3.63) is 11.8 Å². The molecule has 2 aliphatic rings. The molecule has 1 aromatic rings. The van der Waals surface area contributed by atoms with Gasteiger partial charge in [0, 0.05) is 45.3 Å². The van der Waals surface area contributed by atoms with E-state index in [-0.39, 0.29) is 17.9 Å². The Bertz CT molecular complexity index is 620. The second kappa shape index (κ2) is 8.61. The van der Waals surface area contributed by atoms with Gasteiger partial charge in [-0.15, -0.1) is 0 Å². The molecule has 9 heteroatoms. The van der Waals surface area contributed by atoms with Gasteiger partial charge >= 0.3 is 0 Å². The Morgan fingerprint density at radius 3 is 2.50 bits per heavy atom. The third kappa shape index (κ3) is 4.80. The molecular weight excluding hydrogens is 338 g/mol. The van der Waals surface area contributed by atoms with Crippen molar-refractivity contribution in [3.8, 4) is 0 Å². The van der Waals surface area contributed by atoms with Gasteiger partial charge in [0.2, 0.25) is 11.8 Å². The van der Waals surface area contributed by atoms with E-state index in [1.54, 1.807) is 13.0 Å². The van der Waals surface area contributed by atoms with Crippen molar-refractivity contribution in [1.29, 1.82) is 0 Å². The number of hydrogen-bond donors (Lipinski definition) is 1. The van der Waals surface area contributed by atoms with Crippen molar-refractivity contribution in [3.63, 3.8) is 0 Å². The van der Waals surface area contributed by atoms with E-state index in [1.165, 1.54) is 0 Å². The summed E-state index contributed by atoms with van der Waals surface area (Å²) in [6, 6.07) is 1.43. The van der Waals surface area contributed by atoms with Gasteiger partial charge in [0.1, 0.15) is 5.76 Å². The zero-order valence-electron chi connectivity index (χ0n) is 15.4. The number of morpholine rings is 1. The summed E-state index contributed by atoms with van der Waals surface area (Å²) in [6.07, 6.45) is 0. The number of hydrogen-bond acceptors (Lipinski definition) is 7. The highest BCUT2D eigenvalue weighted by Crippen LogP contribution is 2.11. The van der Waals surface area contributed by atoms with E-state index in [1.807, 2.05) is 11.8 Å². The normalized spacial score (nSPS) is 20.8. The van der Waals surface area contributed by atoms with Crippen LogP contribution in [0.25, 0.3) is 0 Å². The zero-order valence-corrected chi connectivity index (χ0v) is 15.4. The molecule has 0 bridgehead atoms. The van der Waals surface area contributed by atoms with Crippen LogP contribution in [0.3, 0.4) is 0 Å². The Kier molecular flexibility index (Phi) is 6.23. The van der Waals surface area contributed by atoms with Crippen molar-refractivity contribution < 1.29 is 18.8 Å². The molecule has 2 amide bonds. The van der Waals surface area contributed by atoms with Gasteiger partial charge in [0.15, 0.2) is 5.82 Å². The van der Waals surface area contributed by atoms with Crippen LogP contribution in [-0.2, 0) is 14.3 Å². The van der Waals surface area contributed by atoms with Crippen LogP contribution >= 0.6 is 0 Å². The second-order valence-electron chi connectivity index (χ2n) is 6.79. The molecule has 0 aromatic carbocycles. The predicted octanol–water partition coefficient (Wildman–Crippen LogP) is -0.214. The number of aromatic nitrogens is 1. The van der Waals surface area contributed by atoms with Crippen molar-refractivity contribution in [2.24, 2.45) is 0 Å². The molecule has 0 aliphatic carbocycles. The first-order chi connectivity index (χ1) is 12.5. The van der Waals surface area contributed by atoms with Gasteiger partial charge < -0.3 is 19.5 Å². The molecule has 3 heterocycles. The standard InChI is InChI=1S/C17H27N5O4/c1-13-11-15(19-26-13)18-17(24)14(2)21-5-3-20(4-6-21)12-16(23)22-7-9-25-10-8-22/h11,14H,3-10,12H2,1-2H3,(H,18,19,24)/t14-/m1/s1. The molecule has 3 rings (SSSR count). The number of aryl methyl sites for hydroxylation is 1. The number of ether oxygens (including phenoxy) is 1. The van der Waals surface area contributed by atoms with Crippen molar-refractivity contribution in [2.45, 2.75) is 19.9 Å². The first-order valence-corrected chi connectivity index (χ1v) is 9.09. The molecular formula is C17H27N5O4. The summed E-state index contributed by atoms with van der Waals surface area (Å²) in [5, 5.41) is 6.56. The highest BCUT2D eigenvalue weighted by atomic mass is 16.5. The molecule has 0 saturated carbocycles. The fourth-order valence-electron chi connectivity index (χ4n) is 3.23. The van der Waals surface area contributed by atoms with Gasteiger partial charge in [-0.1, -0.05) is 5.16 Å². The maximum atomic E-state index is 12.4. The van der Waals surface area contributed by atoms with Crippen LogP contribution in [0.4, 0.5) is 5.82 Å². The van der Waals surface area contributed by atoms with Crippen LogP contribution in [0, 0.1) is 6.92 Å². The monoisotopic (exact) mass is 365 g/mol. The molecule has 2 aliphatic heterocycles. The summed E-state index contributed by atoms with van der Waals surface area (Å²) in [5.74, 6) is 1.16. The van der Waals surface area contributed by atoms with Crippen molar-refractivity contribution in [2.75, 3.05) is 64.3 Å². The topological polar surface area (TPSA) is 91.2 Å². The summed E-state index contributed by atoms with van der Waals surface area (Å²) < 4.78 is 10.2. The lowest BCUT2D eigenvalue weighted by atomic mass is 10.2. The third-order valence-electron chi connectivity index (χ3n) is 4.94. The number of carbonyl (C=O) groups is 2. The van der Waals surface area contributed by atoms with Crippen LogP contribution in [-0.4, -0.2) is 96.7 Å². The molecule has 144 valence electrons. The lowest BCUT2D eigenvalue weighted by Crippen LogP contribution is -2.55. The molecule has 26 heavy (non-hydrogen) atoms. The van der Waals surface area contributed by atoms with Crippen LogP contribution in [0.5, 0.6) is 0 Å². The van der Waals surface area contributed by atoms with Gasteiger partial charge in [-0.05, 0) is 13.8 Å². The van der Waals surface area contributed by atoms with Crippen LogP contribution in [0.2, 0.25) is 0 Å². The zero-order chi connectivity index (χ0) is 18.5. The maximum absolute atomic E-state index is 12.4. The first kappa shape index (κ1) is 18.8. The van der Waals surface area contributed by atoms with E-state index in [0.717, 1.165) is 26.2 Å². The highest BCUT2D eigenvalue weighted by Gasteiger charge is 2.28. The quantitative estimate of drug-likeness (QED) is 0.772. The van der Waals surface area contributed by atoms with E-state index in [9.17, 15) is 9.59 Å². The third-order valence-corrected chi connectivity index (χ3v) is 4.94. The largest absolute Gasteiger partial charge is 0.378 e. The first-order valence-electron chi connectivity index (χ1n) is 9.09. The Balaban J connectivity index is 1.42. The smallest absolute Gasteiger partial charge is 0.242 e. The number of piperazine rings is 1. The summed E-state index contributed by atoms with van der Waals surface area (Å²) in [7, 11) is 0. The van der Waals surface area contributed by atoms with E-state index in [4.69, 9.17) is 9.26 Å². The van der Waals surface area contributed by atoms with Gasteiger partial charge in [-0.2, -0.15) is 0 Å². The minimum absolute atomic E-state index is 0.101. The van der Waals surface area contributed by atoms with Gasteiger partial charge in [0.05, 0.1) is 25.8 Å². The maximum Gasteiger partial charge on any atom is 0.242 e. The number of nitrogens with zero attached hydrogens (tertiary/aromatic N) is 4. The SMILES string of the molecule is Cc1cc(NC(=O)[C@@H](C)N2CCN(CC(=O)N3CCOCC3)CC2)no1. The van der Waals surface area contributed by atoms with Crippen LogP contribution < -0.4 is 5.32 Å². The average Bonchev–Trinajstić information content (AvgIpc) is 3.07. The number of amides is 2. The molecule has 0 unspecified atom stereocenters. The van der Waals surface area contributed by atoms with Crippen molar-refractivity contribution in [1.82, 2.24) is 19.9 Å². The number of anilines is 1. The number of rotatable bonds is 5. The van der Waals surface area contributed by atoms with Gasteiger partial charge in [-0.3, -0.25) is 19.4 Å².